The first-order valence-corrected chi connectivity index (χ1v) is 11.6. The molecule has 3 aliphatic rings. The Kier molecular flexibility index (Phi) is 4.65. The second-order valence-electron chi connectivity index (χ2n) is 9.42. The summed E-state index contributed by atoms with van der Waals surface area (Å²) < 4.78 is 16.4. The molecule has 0 unspecified atom stereocenters. The Morgan fingerprint density at radius 2 is 2.03 bits per heavy atom. The number of rotatable bonds is 3. The van der Waals surface area contributed by atoms with Gasteiger partial charge in [0, 0.05) is 55.8 Å². The molecule has 1 N–H and O–H groups in total. The van der Waals surface area contributed by atoms with E-state index in [-0.39, 0.29) is 17.2 Å². The van der Waals surface area contributed by atoms with Gasteiger partial charge >= 0.3 is 0 Å². The Bertz CT molecular complexity index is 1260. The van der Waals surface area contributed by atoms with Gasteiger partial charge in [0.2, 0.25) is 0 Å². The largest absolute Gasteiger partial charge is 0.369 e. The summed E-state index contributed by atoms with van der Waals surface area (Å²) in [6, 6.07) is 8.54. The van der Waals surface area contributed by atoms with Gasteiger partial charge in [-0.05, 0) is 73.1 Å². The molecule has 0 amide bonds. The van der Waals surface area contributed by atoms with E-state index in [9.17, 15) is 9.18 Å². The highest BCUT2D eigenvalue weighted by atomic mass is 19.1. The summed E-state index contributed by atoms with van der Waals surface area (Å²) in [6.07, 6.45) is 9.07. The minimum Gasteiger partial charge on any atom is -0.369 e. The molecule has 3 aromatic rings. The van der Waals surface area contributed by atoms with Crippen LogP contribution < -0.4 is 10.2 Å². The number of piperazine rings is 1. The molecule has 6 rings (SSSR count). The monoisotopic (exact) mass is 430 g/mol. The van der Waals surface area contributed by atoms with Crippen molar-refractivity contribution < 1.29 is 9.18 Å². The Hall–Kier alpha value is -2.99. The number of hydrogen-bond acceptors (Lipinski definition) is 4. The van der Waals surface area contributed by atoms with Gasteiger partial charge in [-0.25, -0.2) is 9.37 Å². The molecule has 32 heavy (non-hydrogen) atoms. The van der Waals surface area contributed by atoms with Crippen LogP contribution in [-0.4, -0.2) is 40.8 Å². The lowest BCUT2D eigenvalue weighted by Gasteiger charge is -2.34. The maximum atomic E-state index is 14.7. The van der Waals surface area contributed by atoms with E-state index in [0.717, 1.165) is 43.6 Å². The van der Waals surface area contributed by atoms with E-state index in [1.54, 1.807) is 16.7 Å². The summed E-state index contributed by atoms with van der Waals surface area (Å²) in [4.78, 5) is 19.9. The fraction of sp³-hybridized carbons (Fsp3) is 0.385. The highest BCUT2D eigenvalue weighted by molar-refractivity contribution is 6.25. The molecule has 164 valence electrons. The molecular weight excluding hydrogens is 403 g/mol. The Morgan fingerprint density at radius 1 is 1.16 bits per heavy atom. The molecule has 0 spiro atoms. The number of hydrogen-bond donors (Lipinski definition) is 1. The van der Waals surface area contributed by atoms with Crippen LogP contribution in [0.1, 0.15) is 54.5 Å². The fourth-order valence-corrected chi connectivity index (χ4v) is 5.00. The molecule has 2 aliphatic carbocycles. The van der Waals surface area contributed by atoms with Crippen molar-refractivity contribution in [3.8, 4) is 0 Å². The number of carbonyl (C=O) groups excluding carboxylic acids is 1. The maximum Gasteiger partial charge on any atom is 0.173 e. The van der Waals surface area contributed by atoms with Gasteiger partial charge in [-0.1, -0.05) is 6.07 Å². The lowest BCUT2D eigenvalue weighted by molar-refractivity contribution is -0.113. The van der Waals surface area contributed by atoms with Gasteiger partial charge in [0.25, 0.3) is 0 Å². The minimum atomic E-state index is -0.322. The van der Waals surface area contributed by atoms with Crippen LogP contribution >= 0.6 is 0 Å². The molecular formula is C26H27FN4O. The van der Waals surface area contributed by atoms with E-state index >= 15 is 0 Å². The number of carbonyl (C=O) groups is 1. The van der Waals surface area contributed by atoms with Crippen LogP contribution in [0.15, 0.2) is 36.7 Å². The average Bonchev–Trinajstić information content (AvgIpc) is 3.57. The number of anilines is 1. The van der Waals surface area contributed by atoms with Crippen LogP contribution in [0.3, 0.4) is 0 Å². The van der Waals surface area contributed by atoms with Crippen molar-refractivity contribution in [2.75, 3.05) is 24.5 Å². The molecule has 2 aromatic heterocycles. The maximum absolute atomic E-state index is 14.7. The number of Topliss-reactive ketones (excluding diaryl/α,β-unsaturated/α-hetero) is 1. The molecule has 0 bridgehead atoms. The predicted octanol–water partition coefficient (Wildman–Crippen LogP) is 4.20. The van der Waals surface area contributed by atoms with Gasteiger partial charge in [-0.3, -0.25) is 4.79 Å². The van der Waals surface area contributed by atoms with Gasteiger partial charge in [0.1, 0.15) is 0 Å². The number of aromatic nitrogens is 2. The summed E-state index contributed by atoms with van der Waals surface area (Å²) in [5.41, 5.74) is 5.87. The smallest absolute Gasteiger partial charge is 0.173 e. The Morgan fingerprint density at radius 3 is 2.84 bits per heavy atom. The van der Waals surface area contributed by atoms with Gasteiger partial charge in [0.15, 0.2) is 17.2 Å². The first-order chi connectivity index (χ1) is 15.5. The van der Waals surface area contributed by atoms with Crippen molar-refractivity contribution in [3.63, 3.8) is 0 Å². The summed E-state index contributed by atoms with van der Waals surface area (Å²) in [5, 5.41) is 3.48. The van der Waals surface area contributed by atoms with E-state index in [1.807, 2.05) is 12.3 Å². The molecule has 1 saturated heterocycles. The summed E-state index contributed by atoms with van der Waals surface area (Å²) in [7, 11) is 0. The molecule has 3 heterocycles. The van der Waals surface area contributed by atoms with Crippen LogP contribution in [0, 0.1) is 5.82 Å². The minimum absolute atomic E-state index is 0.0600. The van der Waals surface area contributed by atoms with Gasteiger partial charge in [-0.2, -0.15) is 0 Å². The van der Waals surface area contributed by atoms with Gasteiger partial charge in [0.05, 0.1) is 5.69 Å². The highest BCUT2D eigenvalue weighted by Crippen LogP contribution is 2.40. The summed E-state index contributed by atoms with van der Waals surface area (Å²) >= 11 is 0. The number of aryl methyl sites for hydroxylation is 1. The number of nitrogens with one attached hydrogen (secondary N) is 1. The van der Waals surface area contributed by atoms with Gasteiger partial charge in [-0.15, -0.1) is 0 Å². The zero-order chi connectivity index (χ0) is 21.8. The lowest BCUT2D eigenvalue weighted by atomic mass is 10.0. The lowest BCUT2D eigenvalue weighted by Crippen LogP contribution is -2.49. The first-order valence-electron chi connectivity index (χ1n) is 11.6. The SMILES string of the molecule is C[C@H]1CN(c2ccc3c(c2)CCC(=O)C(c2cn4cc(C5CC5)cc(F)c4n2)=C3)CCN1. The third-order valence-corrected chi connectivity index (χ3v) is 6.93. The third-order valence-electron chi connectivity index (χ3n) is 6.93. The number of fused-ring (bicyclic) bond motifs is 2. The van der Waals surface area contributed by atoms with Crippen molar-refractivity contribution in [1.82, 2.24) is 14.7 Å². The molecule has 1 aliphatic heterocycles. The van der Waals surface area contributed by atoms with Crippen LogP contribution in [0.25, 0.3) is 17.3 Å². The average molecular weight is 431 g/mol. The van der Waals surface area contributed by atoms with Crippen molar-refractivity contribution in [2.24, 2.45) is 0 Å². The number of benzene rings is 1. The van der Waals surface area contributed by atoms with Crippen molar-refractivity contribution in [1.29, 1.82) is 0 Å². The number of ketones is 1. The van der Waals surface area contributed by atoms with Crippen molar-refractivity contribution in [3.05, 3.63) is 64.9 Å². The predicted molar refractivity (Wildman–Crippen MR) is 124 cm³/mol. The normalized spacial score (nSPS) is 21.4. The quantitative estimate of drug-likeness (QED) is 0.677. The molecule has 1 aromatic carbocycles. The zero-order valence-corrected chi connectivity index (χ0v) is 18.3. The molecule has 2 fully saturated rings. The van der Waals surface area contributed by atoms with E-state index in [1.165, 1.54) is 11.3 Å². The topological polar surface area (TPSA) is 49.6 Å². The second-order valence-corrected chi connectivity index (χ2v) is 9.42. The summed E-state index contributed by atoms with van der Waals surface area (Å²) in [6.45, 7) is 5.15. The Balaban J connectivity index is 1.37. The third kappa shape index (κ3) is 3.52. The van der Waals surface area contributed by atoms with E-state index < -0.39 is 0 Å². The molecule has 1 atom stereocenters. The number of nitrogens with zero attached hydrogens (tertiary/aromatic N) is 3. The first kappa shape index (κ1) is 19.7. The van der Waals surface area contributed by atoms with Gasteiger partial charge < -0.3 is 14.6 Å². The zero-order valence-electron chi connectivity index (χ0n) is 18.3. The molecule has 5 nitrogen and oxygen atoms in total. The Labute approximate surface area is 187 Å². The second kappa shape index (κ2) is 7.55. The summed E-state index contributed by atoms with van der Waals surface area (Å²) in [5.74, 6) is 0.195. The van der Waals surface area contributed by atoms with Crippen LogP contribution in [0.4, 0.5) is 10.1 Å². The standard InChI is InChI=1S/C26H27FN4O/c1-16-13-30(9-8-28-16)21-6-4-19-11-22(25(32)7-5-18(19)10-21)24-15-31-14-20(17-2-3-17)12-23(27)26(31)29-24/h4,6,10-12,14-17,28H,2-3,5,7-9,13H2,1H3/t16-/m0/s1. The molecule has 0 radical (unpaired) electrons. The van der Waals surface area contributed by atoms with E-state index in [2.05, 4.69) is 40.3 Å². The molecule has 1 saturated carbocycles. The highest BCUT2D eigenvalue weighted by Gasteiger charge is 2.26. The number of halogens is 1. The molecule has 6 heteroatoms. The van der Waals surface area contributed by atoms with Crippen molar-refractivity contribution in [2.45, 2.75) is 44.6 Å². The van der Waals surface area contributed by atoms with Crippen LogP contribution in [0.2, 0.25) is 0 Å². The van der Waals surface area contributed by atoms with E-state index in [4.69, 9.17) is 0 Å². The van der Waals surface area contributed by atoms with Crippen molar-refractivity contribution >= 4 is 28.8 Å². The van der Waals surface area contributed by atoms with Crippen LogP contribution in [0.5, 0.6) is 0 Å². The van der Waals surface area contributed by atoms with E-state index in [0.29, 0.717) is 36.1 Å². The van der Waals surface area contributed by atoms with Crippen LogP contribution in [-0.2, 0) is 11.2 Å². The fourth-order valence-electron chi connectivity index (χ4n) is 5.00. The number of allylic oxidation sites excluding steroid dienone is 1. The number of imidazole rings is 1. The number of pyridine rings is 1.